The minimum absolute atomic E-state index is 0.0249. The standard InChI is InChI=1S/C22H23FN2O2/c23-19-10-4-3-9-18(19)22(12-5-6-13-22)24-20(26)11-14-25-15-16-7-1-2-8-17(16)21(25)27/h1-4,7-10H,5-6,11-15H2,(H,24,26). The summed E-state index contributed by atoms with van der Waals surface area (Å²) in [6.45, 7) is 0.910. The van der Waals surface area contributed by atoms with Crippen molar-refractivity contribution in [1.29, 1.82) is 0 Å². The number of carbonyl (C=O) groups excluding carboxylic acids is 2. The molecule has 2 aromatic rings. The van der Waals surface area contributed by atoms with Crippen molar-refractivity contribution in [1.82, 2.24) is 10.2 Å². The maximum absolute atomic E-state index is 14.4. The molecule has 1 saturated carbocycles. The lowest BCUT2D eigenvalue weighted by atomic mass is 9.87. The molecular weight excluding hydrogens is 343 g/mol. The highest BCUT2D eigenvalue weighted by atomic mass is 19.1. The number of nitrogens with one attached hydrogen (secondary N) is 1. The first-order chi connectivity index (χ1) is 13.1. The summed E-state index contributed by atoms with van der Waals surface area (Å²) in [5.74, 6) is -0.433. The number of carbonyl (C=O) groups is 2. The molecule has 140 valence electrons. The van der Waals surface area contributed by atoms with E-state index in [2.05, 4.69) is 5.32 Å². The first kappa shape index (κ1) is 17.7. The van der Waals surface area contributed by atoms with Crippen LogP contribution in [-0.4, -0.2) is 23.3 Å². The van der Waals surface area contributed by atoms with Crippen LogP contribution in [0.2, 0.25) is 0 Å². The molecule has 0 bridgehead atoms. The zero-order valence-corrected chi connectivity index (χ0v) is 15.2. The maximum atomic E-state index is 14.4. The quantitative estimate of drug-likeness (QED) is 0.876. The molecule has 0 atom stereocenters. The molecule has 4 nitrogen and oxygen atoms in total. The van der Waals surface area contributed by atoms with Gasteiger partial charge >= 0.3 is 0 Å². The molecule has 0 spiro atoms. The molecule has 0 aromatic heterocycles. The molecule has 5 heteroatoms. The summed E-state index contributed by atoms with van der Waals surface area (Å²) in [5.41, 5.74) is 1.67. The number of rotatable bonds is 5. The van der Waals surface area contributed by atoms with Crippen LogP contribution < -0.4 is 5.32 Å². The highest BCUT2D eigenvalue weighted by Gasteiger charge is 2.39. The molecule has 1 heterocycles. The highest BCUT2D eigenvalue weighted by Crippen LogP contribution is 2.40. The average Bonchev–Trinajstić information content (AvgIpc) is 3.26. The van der Waals surface area contributed by atoms with Gasteiger partial charge in [-0.15, -0.1) is 0 Å². The molecule has 1 aliphatic heterocycles. The van der Waals surface area contributed by atoms with Gasteiger partial charge in [-0.3, -0.25) is 9.59 Å². The molecule has 1 aliphatic carbocycles. The van der Waals surface area contributed by atoms with E-state index in [0.29, 0.717) is 18.7 Å². The third-order valence-corrected chi connectivity index (χ3v) is 5.73. The Labute approximate surface area is 158 Å². The molecule has 27 heavy (non-hydrogen) atoms. The molecule has 0 radical (unpaired) electrons. The molecule has 0 unspecified atom stereocenters. The van der Waals surface area contributed by atoms with E-state index >= 15 is 0 Å². The lowest BCUT2D eigenvalue weighted by Crippen LogP contribution is -2.45. The van der Waals surface area contributed by atoms with Crippen molar-refractivity contribution in [3.05, 3.63) is 71.0 Å². The largest absolute Gasteiger partial charge is 0.346 e. The molecular formula is C22H23FN2O2. The maximum Gasteiger partial charge on any atom is 0.254 e. The van der Waals surface area contributed by atoms with E-state index in [1.807, 2.05) is 30.3 Å². The van der Waals surface area contributed by atoms with Crippen LogP contribution in [0.1, 0.15) is 53.6 Å². The van der Waals surface area contributed by atoms with Crippen molar-refractivity contribution in [2.75, 3.05) is 6.54 Å². The summed E-state index contributed by atoms with van der Waals surface area (Å²) in [7, 11) is 0. The third kappa shape index (κ3) is 3.34. The lowest BCUT2D eigenvalue weighted by molar-refractivity contribution is -0.123. The fourth-order valence-electron chi connectivity index (χ4n) is 4.35. The summed E-state index contributed by atoms with van der Waals surface area (Å²) in [4.78, 5) is 26.8. The molecule has 0 saturated heterocycles. The number of hydrogen-bond acceptors (Lipinski definition) is 2. The second-order valence-electron chi connectivity index (χ2n) is 7.45. The Kier molecular flexibility index (Phi) is 4.68. The Morgan fingerprint density at radius 3 is 2.52 bits per heavy atom. The van der Waals surface area contributed by atoms with E-state index < -0.39 is 5.54 Å². The van der Waals surface area contributed by atoms with Crippen LogP contribution >= 0.6 is 0 Å². The van der Waals surface area contributed by atoms with Crippen molar-refractivity contribution in [2.45, 2.75) is 44.2 Å². The smallest absolute Gasteiger partial charge is 0.254 e. The second kappa shape index (κ2) is 7.14. The first-order valence-electron chi connectivity index (χ1n) is 9.52. The van der Waals surface area contributed by atoms with Gasteiger partial charge in [-0.1, -0.05) is 49.2 Å². The van der Waals surface area contributed by atoms with Crippen molar-refractivity contribution in [3.8, 4) is 0 Å². The average molecular weight is 366 g/mol. The molecule has 2 aliphatic rings. The zero-order valence-electron chi connectivity index (χ0n) is 15.2. The van der Waals surface area contributed by atoms with E-state index in [-0.39, 0.29) is 24.1 Å². The Morgan fingerprint density at radius 2 is 1.78 bits per heavy atom. The zero-order chi connectivity index (χ0) is 18.9. The van der Waals surface area contributed by atoms with Crippen LogP contribution in [0.5, 0.6) is 0 Å². The predicted molar refractivity (Wildman–Crippen MR) is 100 cm³/mol. The van der Waals surface area contributed by atoms with Crippen LogP contribution in [-0.2, 0) is 16.9 Å². The number of hydrogen-bond donors (Lipinski definition) is 1. The topological polar surface area (TPSA) is 49.4 Å². The molecule has 1 fully saturated rings. The predicted octanol–water partition coefficient (Wildman–Crippen LogP) is 3.76. The van der Waals surface area contributed by atoms with E-state index in [1.54, 1.807) is 17.0 Å². The summed E-state index contributed by atoms with van der Waals surface area (Å²) in [6, 6.07) is 14.2. The summed E-state index contributed by atoms with van der Waals surface area (Å²) in [5, 5.41) is 3.09. The van der Waals surface area contributed by atoms with E-state index in [9.17, 15) is 14.0 Å². The molecule has 2 aromatic carbocycles. The van der Waals surface area contributed by atoms with Gasteiger partial charge in [0, 0.05) is 30.6 Å². The number of benzene rings is 2. The Balaban J connectivity index is 1.42. The minimum atomic E-state index is -0.625. The first-order valence-corrected chi connectivity index (χ1v) is 9.52. The Hall–Kier alpha value is -2.69. The van der Waals surface area contributed by atoms with Crippen molar-refractivity contribution in [2.24, 2.45) is 0 Å². The van der Waals surface area contributed by atoms with Gasteiger partial charge in [0.15, 0.2) is 0 Å². The summed E-state index contributed by atoms with van der Waals surface area (Å²) in [6.07, 6.45) is 3.64. The Morgan fingerprint density at radius 1 is 1.07 bits per heavy atom. The van der Waals surface area contributed by atoms with Gasteiger partial charge < -0.3 is 10.2 Å². The van der Waals surface area contributed by atoms with Gasteiger partial charge in [-0.2, -0.15) is 0 Å². The number of nitrogens with zero attached hydrogens (tertiary/aromatic N) is 1. The highest BCUT2D eigenvalue weighted by molar-refractivity contribution is 5.98. The van der Waals surface area contributed by atoms with Gasteiger partial charge in [0.2, 0.25) is 5.91 Å². The van der Waals surface area contributed by atoms with Crippen LogP contribution in [0.3, 0.4) is 0 Å². The molecule has 4 rings (SSSR count). The summed E-state index contributed by atoms with van der Waals surface area (Å²) >= 11 is 0. The van der Waals surface area contributed by atoms with Gasteiger partial charge in [0.1, 0.15) is 5.82 Å². The van der Waals surface area contributed by atoms with Crippen molar-refractivity contribution in [3.63, 3.8) is 0 Å². The minimum Gasteiger partial charge on any atom is -0.346 e. The fourth-order valence-corrected chi connectivity index (χ4v) is 4.35. The van der Waals surface area contributed by atoms with Crippen LogP contribution in [0.25, 0.3) is 0 Å². The Bertz CT molecular complexity index is 874. The van der Waals surface area contributed by atoms with E-state index in [0.717, 1.165) is 36.8 Å². The second-order valence-corrected chi connectivity index (χ2v) is 7.45. The fraction of sp³-hybridized carbons (Fsp3) is 0.364. The number of fused-ring (bicyclic) bond motifs is 1. The van der Waals surface area contributed by atoms with Gasteiger partial charge in [-0.05, 0) is 30.5 Å². The number of amides is 2. The van der Waals surface area contributed by atoms with Crippen LogP contribution in [0.4, 0.5) is 4.39 Å². The van der Waals surface area contributed by atoms with E-state index in [4.69, 9.17) is 0 Å². The normalized spacial score (nSPS) is 17.8. The van der Waals surface area contributed by atoms with Crippen molar-refractivity contribution < 1.29 is 14.0 Å². The molecule has 1 N–H and O–H groups in total. The molecule has 2 amide bonds. The van der Waals surface area contributed by atoms with Gasteiger partial charge in [-0.25, -0.2) is 4.39 Å². The summed E-state index contributed by atoms with van der Waals surface area (Å²) < 4.78 is 14.4. The van der Waals surface area contributed by atoms with Crippen molar-refractivity contribution >= 4 is 11.8 Å². The van der Waals surface area contributed by atoms with Crippen LogP contribution in [0.15, 0.2) is 48.5 Å². The van der Waals surface area contributed by atoms with Gasteiger partial charge in [0.25, 0.3) is 5.91 Å². The van der Waals surface area contributed by atoms with Crippen LogP contribution in [0, 0.1) is 5.82 Å². The SMILES string of the molecule is O=C(CCN1Cc2ccccc2C1=O)NC1(c2ccccc2F)CCCC1. The van der Waals surface area contributed by atoms with E-state index in [1.165, 1.54) is 6.07 Å². The third-order valence-electron chi connectivity index (χ3n) is 5.73. The lowest BCUT2D eigenvalue weighted by Gasteiger charge is -2.31. The monoisotopic (exact) mass is 366 g/mol. The number of halogens is 1. The van der Waals surface area contributed by atoms with Gasteiger partial charge in [0.05, 0.1) is 5.54 Å².